The Hall–Kier alpha value is -0.160. The third kappa shape index (κ3) is 1.27. The molecule has 4 nitrogen and oxygen atoms in total. The van der Waals surface area contributed by atoms with Crippen LogP contribution in [0.2, 0.25) is 0 Å². The van der Waals surface area contributed by atoms with Crippen LogP contribution < -0.4 is 5.73 Å². The van der Waals surface area contributed by atoms with Crippen molar-refractivity contribution in [3.8, 4) is 0 Å². The standard InChI is InChI=1S/C7H14N2O2/c8-6-1-9(2-7(6)10)5-3-11-4-5/h5-7,10H,1-4,8H2. The van der Waals surface area contributed by atoms with Gasteiger partial charge in [0, 0.05) is 19.1 Å². The van der Waals surface area contributed by atoms with Gasteiger partial charge in [0.1, 0.15) is 0 Å². The number of β-amino-alcohol motifs (C(OH)–C–C–N with tert-alkyl or cyclic N) is 1. The zero-order valence-electron chi connectivity index (χ0n) is 6.44. The number of aliphatic hydroxyl groups is 1. The van der Waals surface area contributed by atoms with Crippen LogP contribution in [0.4, 0.5) is 0 Å². The summed E-state index contributed by atoms with van der Waals surface area (Å²) < 4.78 is 5.05. The second kappa shape index (κ2) is 2.71. The molecule has 2 unspecified atom stereocenters. The molecule has 2 saturated heterocycles. The monoisotopic (exact) mass is 158 g/mol. The molecule has 2 atom stereocenters. The molecule has 3 N–H and O–H groups in total. The van der Waals surface area contributed by atoms with Crippen LogP contribution >= 0.6 is 0 Å². The van der Waals surface area contributed by atoms with Crippen LogP contribution in [0.1, 0.15) is 0 Å². The highest BCUT2D eigenvalue weighted by atomic mass is 16.5. The number of ether oxygens (including phenoxy) is 1. The lowest BCUT2D eigenvalue weighted by atomic mass is 10.2. The molecule has 0 saturated carbocycles. The van der Waals surface area contributed by atoms with Crippen molar-refractivity contribution in [3.63, 3.8) is 0 Å². The van der Waals surface area contributed by atoms with E-state index in [2.05, 4.69) is 4.90 Å². The number of nitrogens with zero attached hydrogens (tertiary/aromatic N) is 1. The summed E-state index contributed by atoms with van der Waals surface area (Å²) in [5.41, 5.74) is 5.65. The van der Waals surface area contributed by atoms with Gasteiger partial charge < -0.3 is 15.6 Å². The average Bonchev–Trinajstić information content (AvgIpc) is 2.08. The first-order chi connectivity index (χ1) is 5.27. The SMILES string of the molecule is NC1CN(C2COC2)CC1O. The molecule has 0 aromatic rings. The summed E-state index contributed by atoms with van der Waals surface area (Å²) in [5.74, 6) is 0. The van der Waals surface area contributed by atoms with Gasteiger partial charge in [-0.05, 0) is 0 Å². The van der Waals surface area contributed by atoms with E-state index in [-0.39, 0.29) is 12.1 Å². The summed E-state index contributed by atoms with van der Waals surface area (Å²) in [6.07, 6.45) is -0.337. The molecule has 2 aliphatic heterocycles. The van der Waals surface area contributed by atoms with Gasteiger partial charge in [0.25, 0.3) is 0 Å². The fraction of sp³-hybridized carbons (Fsp3) is 1.00. The van der Waals surface area contributed by atoms with Gasteiger partial charge in [0.2, 0.25) is 0 Å². The fourth-order valence-electron chi connectivity index (χ4n) is 1.57. The zero-order chi connectivity index (χ0) is 7.84. The maximum atomic E-state index is 9.33. The first-order valence-corrected chi connectivity index (χ1v) is 4.03. The van der Waals surface area contributed by atoms with Crippen LogP contribution in [0, 0.1) is 0 Å². The molecule has 2 fully saturated rings. The Morgan fingerprint density at radius 2 is 2.09 bits per heavy atom. The largest absolute Gasteiger partial charge is 0.390 e. The normalized spacial score (nSPS) is 40.9. The Labute approximate surface area is 65.9 Å². The van der Waals surface area contributed by atoms with E-state index in [1.54, 1.807) is 0 Å². The summed E-state index contributed by atoms with van der Waals surface area (Å²) in [7, 11) is 0. The Bertz CT molecular complexity index is 139. The van der Waals surface area contributed by atoms with E-state index >= 15 is 0 Å². The molecule has 2 heterocycles. The number of hydrogen-bond acceptors (Lipinski definition) is 4. The van der Waals surface area contributed by atoms with Gasteiger partial charge in [0.05, 0.1) is 25.4 Å². The minimum atomic E-state index is -0.337. The molecule has 2 aliphatic rings. The topological polar surface area (TPSA) is 58.7 Å². The Kier molecular flexibility index (Phi) is 1.85. The van der Waals surface area contributed by atoms with Crippen molar-refractivity contribution < 1.29 is 9.84 Å². The zero-order valence-corrected chi connectivity index (χ0v) is 6.44. The van der Waals surface area contributed by atoms with Gasteiger partial charge in [-0.1, -0.05) is 0 Å². The smallest absolute Gasteiger partial charge is 0.0830 e. The fourth-order valence-corrected chi connectivity index (χ4v) is 1.57. The minimum Gasteiger partial charge on any atom is -0.390 e. The highest BCUT2D eigenvalue weighted by molar-refractivity contribution is 4.91. The van der Waals surface area contributed by atoms with Gasteiger partial charge >= 0.3 is 0 Å². The molecule has 0 amide bonds. The van der Waals surface area contributed by atoms with Crippen LogP contribution in [0.5, 0.6) is 0 Å². The Morgan fingerprint density at radius 3 is 2.45 bits per heavy atom. The van der Waals surface area contributed by atoms with Crippen molar-refractivity contribution in [2.45, 2.75) is 18.2 Å². The summed E-state index contributed by atoms with van der Waals surface area (Å²) in [4.78, 5) is 2.21. The highest BCUT2D eigenvalue weighted by Gasteiger charge is 2.35. The summed E-state index contributed by atoms with van der Waals surface area (Å²) in [5, 5.41) is 9.33. The first kappa shape index (κ1) is 7.49. The van der Waals surface area contributed by atoms with Crippen molar-refractivity contribution in [3.05, 3.63) is 0 Å². The van der Waals surface area contributed by atoms with Crippen molar-refractivity contribution in [2.75, 3.05) is 26.3 Å². The van der Waals surface area contributed by atoms with Gasteiger partial charge in [-0.2, -0.15) is 0 Å². The van der Waals surface area contributed by atoms with Crippen molar-refractivity contribution in [2.24, 2.45) is 5.73 Å². The average molecular weight is 158 g/mol. The van der Waals surface area contributed by atoms with Crippen LogP contribution in [0.25, 0.3) is 0 Å². The van der Waals surface area contributed by atoms with Crippen molar-refractivity contribution in [1.29, 1.82) is 0 Å². The molecule has 11 heavy (non-hydrogen) atoms. The predicted molar refractivity (Wildman–Crippen MR) is 40.2 cm³/mol. The molecular weight excluding hydrogens is 144 g/mol. The van der Waals surface area contributed by atoms with Gasteiger partial charge in [0.15, 0.2) is 0 Å². The third-order valence-corrected chi connectivity index (χ3v) is 2.50. The minimum absolute atomic E-state index is 0.0596. The summed E-state index contributed by atoms with van der Waals surface area (Å²) in [6, 6.07) is 0.453. The molecule has 4 heteroatoms. The van der Waals surface area contributed by atoms with E-state index in [1.165, 1.54) is 0 Å². The van der Waals surface area contributed by atoms with Gasteiger partial charge in [-0.15, -0.1) is 0 Å². The number of nitrogens with two attached hydrogens (primary N) is 1. The van der Waals surface area contributed by atoms with E-state index < -0.39 is 0 Å². The summed E-state index contributed by atoms with van der Waals surface area (Å²) >= 11 is 0. The van der Waals surface area contributed by atoms with E-state index in [0.29, 0.717) is 6.04 Å². The quantitative estimate of drug-likeness (QED) is 0.482. The molecular formula is C7H14N2O2. The van der Waals surface area contributed by atoms with E-state index in [0.717, 1.165) is 26.3 Å². The molecule has 0 spiro atoms. The molecule has 0 aromatic carbocycles. The highest BCUT2D eigenvalue weighted by Crippen LogP contribution is 2.16. The van der Waals surface area contributed by atoms with Crippen molar-refractivity contribution in [1.82, 2.24) is 4.90 Å². The van der Waals surface area contributed by atoms with Gasteiger partial charge in [-0.25, -0.2) is 0 Å². The molecule has 0 radical (unpaired) electrons. The number of rotatable bonds is 1. The van der Waals surface area contributed by atoms with E-state index in [1.807, 2.05) is 0 Å². The number of likely N-dealkylation sites (tertiary alicyclic amines) is 1. The molecule has 2 rings (SSSR count). The van der Waals surface area contributed by atoms with E-state index in [9.17, 15) is 5.11 Å². The molecule has 0 aromatic heterocycles. The number of hydrogen-bond donors (Lipinski definition) is 2. The second-order valence-electron chi connectivity index (χ2n) is 3.38. The third-order valence-electron chi connectivity index (χ3n) is 2.50. The Balaban J connectivity index is 1.87. The van der Waals surface area contributed by atoms with Crippen LogP contribution in [0.15, 0.2) is 0 Å². The molecule has 0 bridgehead atoms. The van der Waals surface area contributed by atoms with Gasteiger partial charge in [-0.3, -0.25) is 4.90 Å². The maximum absolute atomic E-state index is 9.33. The van der Waals surface area contributed by atoms with E-state index in [4.69, 9.17) is 10.5 Å². The Morgan fingerprint density at radius 1 is 1.36 bits per heavy atom. The predicted octanol–water partition coefficient (Wildman–Crippen LogP) is -1.61. The lowest BCUT2D eigenvalue weighted by Crippen LogP contribution is -2.48. The number of aliphatic hydroxyl groups excluding tert-OH is 1. The van der Waals surface area contributed by atoms with Crippen LogP contribution in [-0.4, -0.2) is 54.5 Å². The molecule has 0 aliphatic carbocycles. The first-order valence-electron chi connectivity index (χ1n) is 4.03. The van der Waals surface area contributed by atoms with Crippen molar-refractivity contribution >= 4 is 0 Å². The van der Waals surface area contributed by atoms with Crippen LogP contribution in [0.3, 0.4) is 0 Å². The summed E-state index contributed by atoms with van der Waals surface area (Å²) in [6.45, 7) is 3.14. The van der Waals surface area contributed by atoms with Crippen LogP contribution in [-0.2, 0) is 4.74 Å². The lowest BCUT2D eigenvalue weighted by Gasteiger charge is -2.34. The second-order valence-corrected chi connectivity index (χ2v) is 3.38. The lowest BCUT2D eigenvalue weighted by molar-refractivity contribution is -0.0598. The molecule has 64 valence electrons. The maximum Gasteiger partial charge on any atom is 0.0830 e.